The number of anilines is 1. The molecule has 1 unspecified atom stereocenters. The second-order valence-corrected chi connectivity index (χ2v) is 12.0. The highest BCUT2D eigenvalue weighted by Crippen LogP contribution is 2.28. The minimum Gasteiger partial charge on any atom is -0.354 e. The van der Waals surface area contributed by atoms with Gasteiger partial charge < -0.3 is 10.2 Å². The maximum atomic E-state index is 14.0. The number of unbranched alkanes of at least 4 members (excludes halogenated alkanes) is 1. The molecule has 0 heterocycles. The minimum atomic E-state index is -3.89. The first-order chi connectivity index (χ1) is 18.6. The highest BCUT2D eigenvalue weighted by molar-refractivity contribution is 7.92. The van der Waals surface area contributed by atoms with Crippen LogP contribution < -0.4 is 9.62 Å². The molecular weight excluding hydrogens is 557 g/mol. The van der Waals surface area contributed by atoms with E-state index in [1.54, 1.807) is 36.4 Å². The van der Waals surface area contributed by atoms with Gasteiger partial charge in [0.1, 0.15) is 12.6 Å². The largest absolute Gasteiger partial charge is 0.354 e. The minimum absolute atomic E-state index is 0.0538. The lowest BCUT2D eigenvalue weighted by molar-refractivity contribution is -0.140. The van der Waals surface area contributed by atoms with E-state index in [1.807, 2.05) is 43.3 Å². The first-order valence-corrected chi connectivity index (χ1v) is 15.3. The van der Waals surface area contributed by atoms with E-state index in [0.717, 1.165) is 29.0 Å². The Morgan fingerprint density at radius 3 is 2.23 bits per heavy atom. The number of sulfonamides is 1. The number of hydrogen-bond acceptors (Lipinski definition) is 4. The molecular formula is C29H33Cl2N3O4S. The molecule has 7 nitrogen and oxygen atoms in total. The predicted octanol–water partition coefficient (Wildman–Crippen LogP) is 5.32. The van der Waals surface area contributed by atoms with Crippen molar-refractivity contribution in [3.63, 3.8) is 0 Å². The van der Waals surface area contributed by atoms with Crippen molar-refractivity contribution in [3.05, 3.63) is 100 Å². The molecule has 0 spiro atoms. The van der Waals surface area contributed by atoms with Crippen molar-refractivity contribution in [2.24, 2.45) is 0 Å². The van der Waals surface area contributed by atoms with Gasteiger partial charge in [-0.2, -0.15) is 0 Å². The average molecular weight is 591 g/mol. The van der Waals surface area contributed by atoms with Gasteiger partial charge in [0.25, 0.3) is 0 Å². The Hall–Kier alpha value is -3.07. The number of benzene rings is 3. The summed E-state index contributed by atoms with van der Waals surface area (Å²) in [5.74, 6) is -0.863. The summed E-state index contributed by atoms with van der Waals surface area (Å²) in [7, 11) is -3.89. The van der Waals surface area contributed by atoms with Gasteiger partial charge in [0.15, 0.2) is 0 Å². The van der Waals surface area contributed by atoms with Crippen molar-refractivity contribution >= 4 is 50.7 Å². The summed E-state index contributed by atoms with van der Waals surface area (Å²) in [4.78, 5) is 29.0. The van der Waals surface area contributed by atoms with E-state index >= 15 is 0 Å². The fourth-order valence-electron chi connectivity index (χ4n) is 4.14. The van der Waals surface area contributed by atoms with Crippen LogP contribution in [-0.4, -0.2) is 50.5 Å². The first-order valence-electron chi connectivity index (χ1n) is 12.7. The molecule has 1 N–H and O–H groups in total. The lowest BCUT2D eigenvalue weighted by atomic mass is 10.0. The summed E-state index contributed by atoms with van der Waals surface area (Å²) >= 11 is 12.5. The smallest absolute Gasteiger partial charge is 0.244 e. The van der Waals surface area contributed by atoms with Crippen molar-refractivity contribution in [1.82, 2.24) is 10.2 Å². The van der Waals surface area contributed by atoms with E-state index in [9.17, 15) is 18.0 Å². The number of hydrogen-bond donors (Lipinski definition) is 1. The molecule has 0 fully saturated rings. The van der Waals surface area contributed by atoms with E-state index < -0.39 is 28.5 Å². The SMILES string of the molecule is CCCCNC(=O)C(Cc1ccccc1)N(Cc1cccc(Cl)c1)C(=O)CN(c1ccccc1Cl)S(C)(=O)=O. The molecule has 0 bridgehead atoms. The number of carbonyl (C=O) groups excluding carboxylic acids is 2. The molecule has 0 aliphatic carbocycles. The van der Waals surface area contributed by atoms with Crippen molar-refractivity contribution in [2.75, 3.05) is 23.7 Å². The summed E-state index contributed by atoms with van der Waals surface area (Å²) in [5, 5.41) is 3.63. The number of para-hydroxylation sites is 1. The Morgan fingerprint density at radius 1 is 0.923 bits per heavy atom. The fraction of sp³-hybridized carbons (Fsp3) is 0.310. The highest BCUT2D eigenvalue weighted by Gasteiger charge is 2.33. The number of carbonyl (C=O) groups is 2. The molecule has 10 heteroatoms. The van der Waals surface area contributed by atoms with Crippen LogP contribution in [0.2, 0.25) is 10.0 Å². The van der Waals surface area contributed by atoms with Crippen LogP contribution in [0.1, 0.15) is 30.9 Å². The molecule has 0 saturated carbocycles. The van der Waals surface area contributed by atoms with E-state index in [4.69, 9.17) is 23.2 Å². The Balaban J connectivity index is 2.04. The normalized spacial score (nSPS) is 12.0. The van der Waals surface area contributed by atoms with Crippen molar-refractivity contribution in [1.29, 1.82) is 0 Å². The van der Waals surface area contributed by atoms with Crippen LogP contribution in [0, 0.1) is 0 Å². The molecule has 3 rings (SSSR count). The zero-order valence-electron chi connectivity index (χ0n) is 22.0. The molecule has 3 aromatic rings. The quantitative estimate of drug-likeness (QED) is 0.273. The summed E-state index contributed by atoms with van der Waals surface area (Å²) < 4.78 is 26.6. The van der Waals surface area contributed by atoms with Crippen LogP contribution in [0.15, 0.2) is 78.9 Å². The molecule has 0 radical (unpaired) electrons. The maximum absolute atomic E-state index is 14.0. The molecule has 0 aliphatic heterocycles. The third-order valence-electron chi connectivity index (χ3n) is 6.14. The van der Waals surface area contributed by atoms with Crippen LogP contribution in [0.5, 0.6) is 0 Å². The van der Waals surface area contributed by atoms with Gasteiger partial charge in [-0.3, -0.25) is 13.9 Å². The monoisotopic (exact) mass is 589 g/mol. The average Bonchev–Trinajstić information content (AvgIpc) is 2.90. The molecule has 2 amide bonds. The first kappa shape index (κ1) is 30.5. The van der Waals surface area contributed by atoms with E-state index in [2.05, 4.69) is 5.32 Å². The van der Waals surface area contributed by atoms with Gasteiger partial charge in [0.05, 0.1) is 17.0 Å². The molecule has 1 atom stereocenters. The third kappa shape index (κ3) is 8.98. The molecule has 3 aromatic carbocycles. The van der Waals surface area contributed by atoms with Gasteiger partial charge in [-0.25, -0.2) is 8.42 Å². The Kier molecular flexibility index (Phi) is 11.2. The number of nitrogens with zero attached hydrogens (tertiary/aromatic N) is 2. The van der Waals surface area contributed by atoms with E-state index in [1.165, 1.54) is 11.0 Å². The van der Waals surface area contributed by atoms with Crippen molar-refractivity contribution < 1.29 is 18.0 Å². The standard InChI is InChI=1S/C29H33Cl2N3O4S/c1-3-4-17-32-29(36)27(19-22-11-6-5-7-12-22)33(20-23-13-10-14-24(30)18-23)28(35)21-34(39(2,37)38)26-16-9-8-15-25(26)31/h5-16,18,27H,3-4,17,19-21H2,1-2H3,(H,32,36). The fourth-order valence-corrected chi connectivity index (χ4v) is 5.50. The lowest BCUT2D eigenvalue weighted by Gasteiger charge is -2.33. The van der Waals surface area contributed by atoms with Crippen LogP contribution in [0.4, 0.5) is 5.69 Å². The predicted molar refractivity (Wildman–Crippen MR) is 157 cm³/mol. The number of amides is 2. The number of halogens is 2. The van der Waals surface area contributed by atoms with E-state index in [0.29, 0.717) is 17.1 Å². The van der Waals surface area contributed by atoms with Gasteiger partial charge >= 0.3 is 0 Å². The Labute approximate surface area is 240 Å². The lowest BCUT2D eigenvalue weighted by Crippen LogP contribution is -2.53. The second-order valence-electron chi connectivity index (χ2n) is 9.22. The molecule has 39 heavy (non-hydrogen) atoms. The molecule has 0 aliphatic rings. The molecule has 0 saturated heterocycles. The molecule has 208 valence electrons. The van der Waals surface area contributed by atoms with Gasteiger partial charge in [0.2, 0.25) is 21.8 Å². The maximum Gasteiger partial charge on any atom is 0.244 e. The Morgan fingerprint density at radius 2 is 1.59 bits per heavy atom. The third-order valence-corrected chi connectivity index (χ3v) is 7.82. The summed E-state index contributed by atoms with van der Waals surface area (Å²) in [5.41, 5.74) is 1.76. The second kappa shape index (κ2) is 14.4. The van der Waals surface area contributed by atoms with Crippen LogP contribution in [0.25, 0.3) is 0 Å². The summed E-state index contributed by atoms with van der Waals surface area (Å²) in [6, 6.07) is 21.9. The Bertz CT molecular complexity index is 1370. The van der Waals surface area contributed by atoms with Crippen molar-refractivity contribution in [3.8, 4) is 0 Å². The van der Waals surface area contributed by atoms with Gasteiger partial charge in [-0.1, -0.05) is 91.1 Å². The summed E-state index contributed by atoms with van der Waals surface area (Å²) in [6.07, 6.45) is 2.95. The molecule has 0 aromatic heterocycles. The van der Waals surface area contributed by atoms with Crippen LogP contribution >= 0.6 is 23.2 Å². The van der Waals surface area contributed by atoms with Crippen LogP contribution in [-0.2, 0) is 32.6 Å². The zero-order chi connectivity index (χ0) is 28.4. The van der Waals surface area contributed by atoms with E-state index in [-0.39, 0.29) is 29.6 Å². The number of nitrogens with one attached hydrogen (secondary N) is 1. The highest BCUT2D eigenvalue weighted by atomic mass is 35.5. The zero-order valence-corrected chi connectivity index (χ0v) is 24.3. The van der Waals surface area contributed by atoms with Gasteiger partial charge in [0, 0.05) is 24.5 Å². The van der Waals surface area contributed by atoms with Gasteiger partial charge in [-0.05, 0) is 41.8 Å². The van der Waals surface area contributed by atoms with Crippen molar-refractivity contribution in [2.45, 2.75) is 38.8 Å². The summed E-state index contributed by atoms with van der Waals surface area (Å²) in [6.45, 7) is 2.01. The number of rotatable bonds is 13. The van der Waals surface area contributed by atoms with Gasteiger partial charge in [-0.15, -0.1) is 0 Å². The van der Waals surface area contributed by atoms with Crippen LogP contribution in [0.3, 0.4) is 0 Å². The topological polar surface area (TPSA) is 86.8 Å².